The third-order valence-electron chi connectivity index (χ3n) is 4.73. The van der Waals surface area contributed by atoms with Gasteiger partial charge in [0.25, 0.3) is 5.91 Å². The molecule has 0 saturated heterocycles. The molecule has 4 rings (SSSR count). The van der Waals surface area contributed by atoms with Gasteiger partial charge in [0.15, 0.2) is 0 Å². The molecule has 1 unspecified atom stereocenters. The first-order chi connectivity index (χ1) is 13.5. The van der Waals surface area contributed by atoms with Crippen LogP contribution in [0.4, 0.5) is 4.39 Å². The molecule has 2 amide bonds. The third kappa shape index (κ3) is 4.25. The number of hydrogen-bond donors (Lipinski definition) is 3. The fourth-order valence-electron chi connectivity index (χ4n) is 3.11. The second kappa shape index (κ2) is 7.75. The highest BCUT2D eigenvalue weighted by Crippen LogP contribution is 2.24. The molecule has 28 heavy (non-hydrogen) atoms. The van der Waals surface area contributed by atoms with Crippen molar-refractivity contribution >= 4 is 38.6 Å². The average Bonchev–Trinajstić information content (AvgIpc) is 3.37. The van der Waals surface area contributed by atoms with E-state index in [1.54, 1.807) is 6.07 Å². The number of amides is 2. The van der Waals surface area contributed by atoms with E-state index < -0.39 is 17.8 Å². The Morgan fingerprint density at radius 1 is 1.18 bits per heavy atom. The third-order valence-corrected chi connectivity index (χ3v) is 5.18. The topological polar surface area (TPSA) is 74.0 Å². The number of carbonyl (C=O) groups excluding carboxylic acids is 2. The van der Waals surface area contributed by atoms with Gasteiger partial charge in [-0.2, -0.15) is 0 Å². The SMILES string of the molecule is O=C(NC(Cc1ccccc1)C(=O)NC1CC1)c1cc2c(F)cc(Br)cc2[nH]1. The second-order valence-electron chi connectivity index (χ2n) is 7.03. The van der Waals surface area contributed by atoms with Gasteiger partial charge in [-0.25, -0.2) is 4.39 Å². The van der Waals surface area contributed by atoms with Gasteiger partial charge in [-0.3, -0.25) is 9.59 Å². The van der Waals surface area contributed by atoms with Gasteiger partial charge in [0.05, 0.1) is 5.52 Å². The molecular formula is C21H19BrFN3O2. The van der Waals surface area contributed by atoms with Crippen molar-refractivity contribution in [3.8, 4) is 0 Å². The van der Waals surface area contributed by atoms with E-state index in [0.717, 1.165) is 18.4 Å². The molecule has 3 N–H and O–H groups in total. The van der Waals surface area contributed by atoms with Crippen molar-refractivity contribution in [1.29, 1.82) is 0 Å². The van der Waals surface area contributed by atoms with E-state index in [-0.39, 0.29) is 17.6 Å². The number of aromatic amines is 1. The molecule has 0 aliphatic heterocycles. The van der Waals surface area contributed by atoms with E-state index in [4.69, 9.17) is 0 Å². The Balaban J connectivity index is 1.55. The minimum Gasteiger partial charge on any atom is -0.352 e. The molecule has 5 nitrogen and oxygen atoms in total. The molecule has 1 aliphatic rings. The zero-order valence-corrected chi connectivity index (χ0v) is 16.6. The lowest BCUT2D eigenvalue weighted by Crippen LogP contribution is -2.48. The van der Waals surface area contributed by atoms with Crippen LogP contribution >= 0.6 is 15.9 Å². The van der Waals surface area contributed by atoms with Crippen molar-refractivity contribution in [2.45, 2.75) is 31.3 Å². The maximum Gasteiger partial charge on any atom is 0.268 e. The van der Waals surface area contributed by atoms with Crippen molar-refractivity contribution in [3.63, 3.8) is 0 Å². The molecule has 1 heterocycles. The van der Waals surface area contributed by atoms with E-state index >= 15 is 0 Å². The molecular weight excluding hydrogens is 425 g/mol. The van der Waals surface area contributed by atoms with Crippen LogP contribution in [-0.4, -0.2) is 28.9 Å². The van der Waals surface area contributed by atoms with Gasteiger partial charge in [0.2, 0.25) is 5.91 Å². The molecule has 1 saturated carbocycles. The highest BCUT2D eigenvalue weighted by Gasteiger charge is 2.29. The van der Waals surface area contributed by atoms with E-state index in [9.17, 15) is 14.0 Å². The predicted octanol–water partition coefficient (Wildman–Crippen LogP) is 3.69. The van der Waals surface area contributed by atoms with E-state index in [2.05, 4.69) is 31.5 Å². The fourth-order valence-corrected chi connectivity index (χ4v) is 3.54. The number of halogens is 2. The van der Waals surface area contributed by atoms with Crippen LogP contribution in [0.1, 0.15) is 28.9 Å². The summed E-state index contributed by atoms with van der Waals surface area (Å²) in [5.41, 5.74) is 1.67. The molecule has 1 fully saturated rings. The Hall–Kier alpha value is -2.67. The smallest absolute Gasteiger partial charge is 0.268 e. The molecule has 2 aromatic carbocycles. The minimum atomic E-state index is -0.710. The number of rotatable bonds is 6. The summed E-state index contributed by atoms with van der Waals surface area (Å²) >= 11 is 3.24. The first-order valence-corrected chi connectivity index (χ1v) is 9.92. The maximum atomic E-state index is 14.1. The van der Waals surface area contributed by atoms with Crippen molar-refractivity contribution < 1.29 is 14.0 Å². The van der Waals surface area contributed by atoms with Gasteiger partial charge >= 0.3 is 0 Å². The second-order valence-corrected chi connectivity index (χ2v) is 7.95. The van der Waals surface area contributed by atoms with Crippen molar-refractivity contribution in [2.24, 2.45) is 0 Å². The average molecular weight is 444 g/mol. The molecule has 1 atom stereocenters. The molecule has 0 bridgehead atoms. The Labute approximate surface area is 169 Å². The quantitative estimate of drug-likeness (QED) is 0.543. The van der Waals surface area contributed by atoms with E-state index in [0.29, 0.717) is 21.8 Å². The van der Waals surface area contributed by atoms with Crippen LogP contribution in [0.25, 0.3) is 10.9 Å². The monoisotopic (exact) mass is 443 g/mol. The van der Waals surface area contributed by atoms with E-state index in [1.165, 1.54) is 12.1 Å². The Kier molecular flexibility index (Phi) is 5.17. The Morgan fingerprint density at radius 3 is 2.64 bits per heavy atom. The van der Waals surface area contributed by atoms with Crippen LogP contribution in [0.15, 0.2) is 53.0 Å². The summed E-state index contributed by atoms with van der Waals surface area (Å²) in [7, 11) is 0. The van der Waals surface area contributed by atoms with Crippen LogP contribution < -0.4 is 10.6 Å². The van der Waals surface area contributed by atoms with Crippen molar-refractivity contribution in [1.82, 2.24) is 15.6 Å². The normalized spacial score (nSPS) is 14.6. The lowest BCUT2D eigenvalue weighted by molar-refractivity contribution is -0.123. The van der Waals surface area contributed by atoms with Gasteiger partial charge in [0, 0.05) is 22.3 Å². The summed E-state index contributed by atoms with van der Waals surface area (Å²) in [5, 5.41) is 6.07. The van der Waals surface area contributed by atoms with Crippen molar-refractivity contribution in [3.05, 3.63) is 70.1 Å². The summed E-state index contributed by atoms with van der Waals surface area (Å²) in [6.07, 6.45) is 2.31. The predicted molar refractivity (Wildman–Crippen MR) is 109 cm³/mol. The number of benzene rings is 2. The van der Waals surface area contributed by atoms with Crippen LogP contribution in [0.3, 0.4) is 0 Å². The first kappa shape index (κ1) is 18.7. The lowest BCUT2D eigenvalue weighted by Gasteiger charge is -2.18. The highest BCUT2D eigenvalue weighted by atomic mass is 79.9. The van der Waals surface area contributed by atoms with Gasteiger partial charge in [0.1, 0.15) is 17.6 Å². The number of hydrogen-bond acceptors (Lipinski definition) is 2. The van der Waals surface area contributed by atoms with E-state index in [1.807, 2.05) is 30.3 Å². The fraction of sp³-hybridized carbons (Fsp3) is 0.238. The molecule has 0 radical (unpaired) electrons. The molecule has 1 aliphatic carbocycles. The number of fused-ring (bicyclic) bond motifs is 1. The number of H-pyrrole nitrogens is 1. The summed E-state index contributed by atoms with van der Waals surface area (Å²) in [6, 6.07) is 13.5. The summed E-state index contributed by atoms with van der Waals surface area (Å²) < 4.78 is 14.7. The zero-order chi connectivity index (χ0) is 19.7. The Morgan fingerprint density at radius 2 is 1.93 bits per heavy atom. The van der Waals surface area contributed by atoms with Crippen molar-refractivity contribution in [2.75, 3.05) is 0 Å². The van der Waals surface area contributed by atoms with Crippen LogP contribution in [0.2, 0.25) is 0 Å². The molecule has 144 valence electrons. The number of aromatic nitrogens is 1. The minimum absolute atomic E-state index is 0.196. The zero-order valence-electron chi connectivity index (χ0n) is 15.0. The van der Waals surface area contributed by atoms with Crippen LogP contribution in [0, 0.1) is 5.82 Å². The lowest BCUT2D eigenvalue weighted by atomic mass is 10.0. The van der Waals surface area contributed by atoms with Gasteiger partial charge in [-0.15, -0.1) is 0 Å². The molecule has 0 spiro atoms. The standard InChI is InChI=1S/C21H19BrFN3O2/c22-13-9-16(23)15-11-19(25-17(15)10-13)21(28)26-18(20(27)24-14-6-7-14)8-12-4-2-1-3-5-12/h1-5,9-11,14,18,25H,6-8H2,(H,24,27)(H,26,28). The maximum absolute atomic E-state index is 14.1. The van der Waals surface area contributed by atoms with Gasteiger partial charge in [-0.05, 0) is 36.6 Å². The van der Waals surface area contributed by atoms with Gasteiger partial charge < -0.3 is 15.6 Å². The molecule has 3 aromatic rings. The largest absolute Gasteiger partial charge is 0.352 e. The molecule has 7 heteroatoms. The van der Waals surface area contributed by atoms with Crippen LogP contribution in [-0.2, 0) is 11.2 Å². The number of carbonyl (C=O) groups is 2. The van der Waals surface area contributed by atoms with Gasteiger partial charge in [-0.1, -0.05) is 46.3 Å². The number of nitrogens with one attached hydrogen (secondary N) is 3. The summed E-state index contributed by atoms with van der Waals surface area (Å²) in [5.74, 6) is -1.07. The first-order valence-electron chi connectivity index (χ1n) is 9.12. The summed E-state index contributed by atoms with van der Waals surface area (Å²) in [6.45, 7) is 0. The molecule has 1 aromatic heterocycles. The highest BCUT2D eigenvalue weighted by molar-refractivity contribution is 9.10. The summed E-state index contributed by atoms with van der Waals surface area (Å²) in [4.78, 5) is 28.3. The Bertz CT molecular complexity index is 1030. The van der Waals surface area contributed by atoms with Crippen LogP contribution in [0.5, 0.6) is 0 Å².